The lowest BCUT2D eigenvalue weighted by atomic mass is 10.1. The molecule has 0 bridgehead atoms. The molecule has 1 aromatic heterocycles. The molecule has 2 aromatic rings. The lowest BCUT2D eigenvalue weighted by molar-refractivity contribution is -0.137. The Bertz CT molecular complexity index is 751. The van der Waals surface area contributed by atoms with Gasteiger partial charge in [0.05, 0.1) is 17.8 Å². The molecule has 0 spiro atoms. The average Bonchev–Trinajstić information content (AvgIpc) is 2.53. The first kappa shape index (κ1) is 17.8. The van der Waals surface area contributed by atoms with Crippen LogP contribution in [0.25, 0.3) is 4.85 Å². The standard InChI is InChI=1S/C18H17F3N2O/c1-4-6-17(16-8-5-7-12(2)23-16)24-13-9-10-15(22-3)14(11-13)18(19,20)21/h5,7-11,17H,4,6H2,1-2H3. The highest BCUT2D eigenvalue weighted by molar-refractivity contribution is 5.56. The first-order valence-electron chi connectivity index (χ1n) is 7.54. The molecule has 0 saturated carbocycles. The second kappa shape index (κ2) is 7.35. The van der Waals surface area contributed by atoms with E-state index in [9.17, 15) is 13.2 Å². The van der Waals surface area contributed by atoms with Crippen LogP contribution in [0.5, 0.6) is 5.75 Å². The Kier molecular flexibility index (Phi) is 5.45. The summed E-state index contributed by atoms with van der Waals surface area (Å²) in [5.74, 6) is 0.0801. The Labute approximate surface area is 138 Å². The van der Waals surface area contributed by atoms with E-state index in [2.05, 4.69) is 9.83 Å². The van der Waals surface area contributed by atoms with Gasteiger partial charge in [-0.3, -0.25) is 4.98 Å². The van der Waals surface area contributed by atoms with Crippen LogP contribution in [-0.4, -0.2) is 4.98 Å². The zero-order valence-electron chi connectivity index (χ0n) is 13.4. The minimum atomic E-state index is -4.60. The van der Waals surface area contributed by atoms with Crippen molar-refractivity contribution in [1.29, 1.82) is 0 Å². The second-order valence-electron chi connectivity index (χ2n) is 5.39. The first-order valence-corrected chi connectivity index (χ1v) is 7.54. The topological polar surface area (TPSA) is 26.5 Å². The molecule has 0 radical (unpaired) electrons. The highest BCUT2D eigenvalue weighted by atomic mass is 19.4. The molecule has 2 rings (SSSR count). The summed E-state index contributed by atoms with van der Waals surface area (Å²) in [5.41, 5.74) is 0.0780. The van der Waals surface area contributed by atoms with Crippen LogP contribution < -0.4 is 4.74 Å². The van der Waals surface area contributed by atoms with Crippen molar-refractivity contribution in [1.82, 2.24) is 4.98 Å². The number of pyridine rings is 1. The molecule has 0 aliphatic rings. The van der Waals surface area contributed by atoms with Crippen LogP contribution in [0.2, 0.25) is 0 Å². The summed E-state index contributed by atoms with van der Waals surface area (Å²) in [7, 11) is 0. The van der Waals surface area contributed by atoms with Crippen molar-refractivity contribution in [2.24, 2.45) is 0 Å². The fourth-order valence-electron chi connectivity index (χ4n) is 2.35. The van der Waals surface area contributed by atoms with Crippen molar-refractivity contribution >= 4 is 5.69 Å². The van der Waals surface area contributed by atoms with E-state index in [0.29, 0.717) is 12.1 Å². The fourth-order valence-corrected chi connectivity index (χ4v) is 2.35. The summed E-state index contributed by atoms with van der Waals surface area (Å²) in [5, 5.41) is 0. The summed E-state index contributed by atoms with van der Waals surface area (Å²) in [4.78, 5) is 7.32. The predicted molar refractivity (Wildman–Crippen MR) is 85.0 cm³/mol. The summed E-state index contributed by atoms with van der Waals surface area (Å²) in [6.45, 7) is 10.7. The van der Waals surface area contributed by atoms with Crippen molar-refractivity contribution in [3.8, 4) is 5.75 Å². The Morgan fingerprint density at radius 1 is 1.25 bits per heavy atom. The number of hydrogen-bond acceptors (Lipinski definition) is 2. The van der Waals surface area contributed by atoms with Crippen LogP contribution in [0, 0.1) is 13.5 Å². The maximum Gasteiger partial charge on any atom is 0.407 e. The van der Waals surface area contributed by atoms with Gasteiger partial charge in [-0.25, -0.2) is 4.85 Å². The van der Waals surface area contributed by atoms with E-state index in [1.165, 1.54) is 6.07 Å². The van der Waals surface area contributed by atoms with Crippen molar-refractivity contribution in [2.45, 2.75) is 39.0 Å². The van der Waals surface area contributed by atoms with Crippen molar-refractivity contribution in [3.63, 3.8) is 0 Å². The van der Waals surface area contributed by atoms with Gasteiger partial charge in [0.2, 0.25) is 0 Å². The number of alkyl halides is 3. The van der Waals surface area contributed by atoms with Crippen LogP contribution in [0.3, 0.4) is 0 Å². The molecular formula is C18H17F3N2O. The molecule has 24 heavy (non-hydrogen) atoms. The molecule has 6 heteroatoms. The highest BCUT2D eigenvalue weighted by Gasteiger charge is 2.34. The maximum atomic E-state index is 13.1. The number of benzene rings is 1. The molecule has 0 fully saturated rings. The molecule has 0 aliphatic heterocycles. The van der Waals surface area contributed by atoms with Crippen molar-refractivity contribution < 1.29 is 17.9 Å². The second-order valence-corrected chi connectivity index (χ2v) is 5.39. The molecule has 3 nitrogen and oxygen atoms in total. The summed E-state index contributed by atoms with van der Waals surface area (Å²) < 4.78 is 45.0. The molecule has 0 aliphatic carbocycles. The highest BCUT2D eigenvalue weighted by Crippen LogP contribution is 2.39. The zero-order chi connectivity index (χ0) is 17.7. The minimum absolute atomic E-state index is 0.0801. The SMILES string of the molecule is [C-]#[N+]c1ccc(OC(CCC)c2cccc(C)n2)cc1C(F)(F)F. The van der Waals surface area contributed by atoms with Gasteiger partial charge in [0.25, 0.3) is 0 Å². The Morgan fingerprint density at radius 3 is 2.58 bits per heavy atom. The molecule has 0 N–H and O–H groups in total. The summed E-state index contributed by atoms with van der Waals surface area (Å²) in [6.07, 6.45) is -3.61. The Morgan fingerprint density at radius 2 is 2.00 bits per heavy atom. The number of aromatic nitrogens is 1. The predicted octanol–water partition coefficient (Wildman–Crippen LogP) is 5.88. The molecular weight excluding hydrogens is 317 g/mol. The Balaban J connectivity index is 2.35. The smallest absolute Gasteiger partial charge is 0.407 e. The van der Waals surface area contributed by atoms with Gasteiger partial charge >= 0.3 is 6.18 Å². The molecule has 0 saturated heterocycles. The summed E-state index contributed by atoms with van der Waals surface area (Å²) in [6, 6.07) is 8.89. The lowest BCUT2D eigenvalue weighted by Gasteiger charge is -2.20. The van der Waals surface area contributed by atoms with Gasteiger partial charge in [-0.15, -0.1) is 0 Å². The molecule has 1 unspecified atom stereocenters. The van der Waals surface area contributed by atoms with E-state index < -0.39 is 23.5 Å². The first-order chi connectivity index (χ1) is 11.3. The lowest BCUT2D eigenvalue weighted by Crippen LogP contribution is -2.11. The van der Waals surface area contributed by atoms with Crippen LogP contribution in [0.1, 0.15) is 42.8 Å². The van der Waals surface area contributed by atoms with Crippen LogP contribution in [-0.2, 0) is 6.18 Å². The van der Waals surface area contributed by atoms with Crippen LogP contribution in [0.15, 0.2) is 36.4 Å². The number of rotatable bonds is 5. The molecule has 1 atom stereocenters. The number of aryl methyl sites for hydroxylation is 1. The van der Waals surface area contributed by atoms with Gasteiger partial charge in [-0.05, 0) is 37.6 Å². The third-order valence-electron chi connectivity index (χ3n) is 3.46. The molecule has 126 valence electrons. The quantitative estimate of drug-likeness (QED) is 0.638. The number of nitrogens with zero attached hydrogens (tertiary/aromatic N) is 2. The van der Waals surface area contributed by atoms with Crippen LogP contribution >= 0.6 is 0 Å². The van der Waals surface area contributed by atoms with E-state index in [0.717, 1.165) is 24.2 Å². The monoisotopic (exact) mass is 334 g/mol. The fraction of sp³-hybridized carbons (Fsp3) is 0.333. The van der Waals surface area contributed by atoms with E-state index in [1.807, 2.05) is 26.0 Å². The van der Waals surface area contributed by atoms with E-state index >= 15 is 0 Å². The van der Waals surface area contributed by atoms with E-state index in [1.54, 1.807) is 6.07 Å². The van der Waals surface area contributed by atoms with Gasteiger partial charge in [0.1, 0.15) is 11.9 Å². The Hall–Kier alpha value is -2.55. The number of hydrogen-bond donors (Lipinski definition) is 0. The number of ether oxygens (including phenoxy) is 1. The average molecular weight is 334 g/mol. The van der Waals surface area contributed by atoms with Crippen molar-refractivity contribution in [3.05, 3.63) is 64.8 Å². The molecule has 1 aromatic carbocycles. The minimum Gasteiger partial charge on any atom is -0.484 e. The third kappa shape index (κ3) is 4.25. The van der Waals surface area contributed by atoms with Crippen LogP contribution in [0.4, 0.5) is 18.9 Å². The third-order valence-corrected chi connectivity index (χ3v) is 3.46. The zero-order valence-corrected chi connectivity index (χ0v) is 13.4. The largest absolute Gasteiger partial charge is 0.484 e. The molecule has 1 heterocycles. The van der Waals surface area contributed by atoms with E-state index in [4.69, 9.17) is 11.3 Å². The number of halogens is 3. The van der Waals surface area contributed by atoms with Gasteiger partial charge in [0, 0.05) is 5.69 Å². The normalized spacial score (nSPS) is 12.5. The molecule has 0 amide bonds. The van der Waals surface area contributed by atoms with Gasteiger partial charge in [-0.2, -0.15) is 13.2 Å². The maximum absolute atomic E-state index is 13.1. The van der Waals surface area contributed by atoms with E-state index in [-0.39, 0.29) is 5.75 Å². The summed E-state index contributed by atoms with van der Waals surface area (Å²) >= 11 is 0. The van der Waals surface area contributed by atoms with Crippen molar-refractivity contribution in [2.75, 3.05) is 0 Å². The van der Waals surface area contributed by atoms with Gasteiger partial charge in [0.15, 0.2) is 5.69 Å². The van der Waals surface area contributed by atoms with Gasteiger partial charge < -0.3 is 4.74 Å². The van der Waals surface area contributed by atoms with Gasteiger partial charge in [-0.1, -0.05) is 25.5 Å².